The summed E-state index contributed by atoms with van der Waals surface area (Å²) in [5.41, 5.74) is 3.06. The summed E-state index contributed by atoms with van der Waals surface area (Å²) < 4.78 is 5.16. The van der Waals surface area contributed by atoms with Gasteiger partial charge in [-0.15, -0.1) is 0 Å². The summed E-state index contributed by atoms with van der Waals surface area (Å²) in [6.45, 7) is 2.09. The number of benzene rings is 2. The first-order chi connectivity index (χ1) is 12.7. The van der Waals surface area contributed by atoms with Crippen molar-refractivity contribution in [3.63, 3.8) is 0 Å². The van der Waals surface area contributed by atoms with Crippen LogP contribution in [0.3, 0.4) is 0 Å². The smallest absolute Gasteiger partial charge is 0.274 e. The molecular weight excluding hydrogens is 328 g/mol. The van der Waals surface area contributed by atoms with Crippen LogP contribution in [0.4, 0.5) is 17.2 Å². The van der Waals surface area contributed by atoms with E-state index in [0.717, 1.165) is 12.1 Å². The number of carbonyl (C=O) groups is 1. The molecule has 0 spiro atoms. The van der Waals surface area contributed by atoms with Crippen molar-refractivity contribution in [3.8, 4) is 5.75 Å². The second kappa shape index (κ2) is 8.11. The SMILES string of the molecule is CCc1ccccc1Nc1cc(C(=O)Nc2cccc(OC)c2)ncn1. The topological polar surface area (TPSA) is 76.1 Å². The van der Waals surface area contributed by atoms with Crippen LogP contribution in [0.25, 0.3) is 0 Å². The molecule has 0 radical (unpaired) electrons. The summed E-state index contributed by atoms with van der Waals surface area (Å²) in [6, 6.07) is 16.8. The molecule has 0 saturated carbocycles. The number of nitrogens with zero attached hydrogens (tertiary/aromatic N) is 2. The molecule has 0 saturated heterocycles. The first-order valence-corrected chi connectivity index (χ1v) is 8.32. The predicted octanol–water partition coefficient (Wildman–Crippen LogP) is 4.04. The standard InChI is InChI=1S/C20H20N4O2/c1-3-14-7-4-5-10-17(14)24-19-12-18(21-13-22-19)20(25)23-15-8-6-9-16(11-15)26-2/h4-13H,3H2,1-2H3,(H,23,25)(H,21,22,24). The molecule has 132 valence electrons. The first kappa shape index (κ1) is 17.4. The van der Waals surface area contributed by atoms with E-state index in [1.54, 1.807) is 25.3 Å². The van der Waals surface area contributed by atoms with Crippen LogP contribution in [-0.2, 0) is 6.42 Å². The summed E-state index contributed by atoms with van der Waals surface area (Å²) in [6.07, 6.45) is 2.27. The minimum Gasteiger partial charge on any atom is -0.497 e. The second-order valence-corrected chi connectivity index (χ2v) is 5.61. The van der Waals surface area contributed by atoms with Gasteiger partial charge in [-0.25, -0.2) is 9.97 Å². The third-order valence-electron chi connectivity index (χ3n) is 3.89. The highest BCUT2D eigenvalue weighted by Crippen LogP contribution is 2.21. The van der Waals surface area contributed by atoms with Gasteiger partial charge in [-0.05, 0) is 30.2 Å². The summed E-state index contributed by atoms with van der Waals surface area (Å²) in [7, 11) is 1.58. The number of nitrogens with one attached hydrogen (secondary N) is 2. The zero-order valence-electron chi connectivity index (χ0n) is 14.7. The molecule has 6 heteroatoms. The maximum absolute atomic E-state index is 12.5. The molecular formula is C20H20N4O2. The Morgan fingerprint density at radius 1 is 1.08 bits per heavy atom. The van der Waals surface area contributed by atoms with Gasteiger partial charge in [0.05, 0.1) is 7.11 Å². The fourth-order valence-electron chi connectivity index (χ4n) is 2.53. The van der Waals surface area contributed by atoms with E-state index in [4.69, 9.17) is 4.74 Å². The fourth-order valence-corrected chi connectivity index (χ4v) is 2.53. The monoisotopic (exact) mass is 348 g/mol. The lowest BCUT2D eigenvalue weighted by molar-refractivity contribution is 0.102. The quantitative estimate of drug-likeness (QED) is 0.703. The number of amides is 1. The van der Waals surface area contributed by atoms with Crippen LogP contribution < -0.4 is 15.4 Å². The average Bonchev–Trinajstić information content (AvgIpc) is 2.69. The van der Waals surface area contributed by atoms with Gasteiger partial charge in [-0.2, -0.15) is 0 Å². The Bertz CT molecular complexity index is 912. The Morgan fingerprint density at radius 3 is 2.73 bits per heavy atom. The zero-order valence-corrected chi connectivity index (χ0v) is 14.7. The molecule has 2 aromatic carbocycles. The minimum atomic E-state index is -0.313. The van der Waals surface area contributed by atoms with Gasteiger partial charge in [0.15, 0.2) is 0 Å². The van der Waals surface area contributed by atoms with E-state index in [1.807, 2.05) is 30.3 Å². The highest BCUT2D eigenvalue weighted by molar-refractivity contribution is 6.03. The molecule has 0 aliphatic rings. The van der Waals surface area contributed by atoms with Gasteiger partial charge in [0, 0.05) is 23.5 Å². The second-order valence-electron chi connectivity index (χ2n) is 5.61. The van der Waals surface area contributed by atoms with Crippen molar-refractivity contribution in [1.29, 1.82) is 0 Å². The lowest BCUT2D eigenvalue weighted by atomic mass is 10.1. The summed E-state index contributed by atoms with van der Waals surface area (Å²) in [5, 5.41) is 6.06. The number of carbonyl (C=O) groups excluding carboxylic acids is 1. The highest BCUT2D eigenvalue weighted by Gasteiger charge is 2.10. The number of anilines is 3. The van der Waals surface area contributed by atoms with Crippen LogP contribution in [0.1, 0.15) is 23.0 Å². The Hall–Kier alpha value is -3.41. The molecule has 0 unspecified atom stereocenters. The van der Waals surface area contributed by atoms with Gasteiger partial charge >= 0.3 is 0 Å². The third-order valence-corrected chi connectivity index (χ3v) is 3.89. The van der Waals surface area contributed by atoms with Crippen LogP contribution in [0, 0.1) is 0 Å². The van der Waals surface area contributed by atoms with Gasteiger partial charge in [0.25, 0.3) is 5.91 Å². The maximum atomic E-state index is 12.5. The van der Waals surface area contributed by atoms with Crippen molar-refractivity contribution in [1.82, 2.24) is 9.97 Å². The molecule has 26 heavy (non-hydrogen) atoms. The lowest BCUT2D eigenvalue weighted by Crippen LogP contribution is -2.14. The highest BCUT2D eigenvalue weighted by atomic mass is 16.5. The lowest BCUT2D eigenvalue weighted by Gasteiger charge is -2.11. The molecule has 0 aliphatic heterocycles. The number of ether oxygens (including phenoxy) is 1. The molecule has 1 aromatic heterocycles. The largest absolute Gasteiger partial charge is 0.497 e. The Labute approximate surface area is 152 Å². The Balaban J connectivity index is 1.77. The summed E-state index contributed by atoms with van der Waals surface area (Å²) in [5.74, 6) is 0.924. The molecule has 6 nitrogen and oxygen atoms in total. The average molecular weight is 348 g/mol. The van der Waals surface area contributed by atoms with E-state index < -0.39 is 0 Å². The van der Waals surface area contributed by atoms with E-state index in [2.05, 4.69) is 33.6 Å². The van der Waals surface area contributed by atoms with E-state index in [-0.39, 0.29) is 11.6 Å². The van der Waals surface area contributed by atoms with Crippen LogP contribution in [0.15, 0.2) is 60.9 Å². The first-order valence-electron chi connectivity index (χ1n) is 8.32. The molecule has 1 amide bonds. The fraction of sp³-hybridized carbons (Fsp3) is 0.150. The third kappa shape index (κ3) is 4.16. The van der Waals surface area contributed by atoms with Crippen molar-refractivity contribution in [2.75, 3.05) is 17.7 Å². The van der Waals surface area contributed by atoms with Gasteiger partial charge in [0.2, 0.25) is 0 Å². The van der Waals surface area contributed by atoms with Crippen molar-refractivity contribution in [3.05, 3.63) is 72.2 Å². The molecule has 0 atom stereocenters. The number of aromatic nitrogens is 2. The zero-order chi connectivity index (χ0) is 18.4. The van der Waals surface area contributed by atoms with Crippen LogP contribution >= 0.6 is 0 Å². The van der Waals surface area contributed by atoms with Crippen LogP contribution in [0.5, 0.6) is 5.75 Å². The normalized spacial score (nSPS) is 10.2. The maximum Gasteiger partial charge on any atom is 0.274 e. The molecule has 0 bridgehead atoms. The number of hydrogen-bond donors (Lipinski definition) is 2. The predicted molar refractivity (Wildman–Crippen MR) is 102 cm³/mol. The minimum absolute atomic E-state index is 0.277. The van der Waals surface area contributed by atoms with Crippen molar-refractivity contribution in [2.45, 2.75) is 13.3 Å². The van der Waals surface area contributed by atoms with Crippen LogP contribution in [0.2, 0.25) is 0 Å². The number of rotatable bonds is 6. The van der Waals surface area contributed by atoms with Crippen molar-refractivity contribution < 1.29 is 9.53 Å². The van der Waals surface area contributed by atoms with Gasteiger partial charge < -0.3 is 15.4 Å². The number of methoxy groups -OCH3 is 1. The number of aryl methyl sites for hydroxylation is 1. The Kier molecular flexibility index (Phi) is 5.43. The number of para-hydroxylation sites is 1. The van der Waals surface area contributed by atoms with Crippen molar-refractivity contribution in [2.24, 2.45) is 0 Å². The van der Waals surface area contributed by atoms with E-state index in [0.29, 0.717) is 17.3 Å². The molecule has 0 aliphatic carbocycles. The molecule has 1 heterocycles. The van der Waals surface area contributed by atoms with Crippen LogP contribution in [-0.4, -0.2) is 23.0 Å². The van der Waals surface area contributed by atoms with Gasteiger partial charge in [0.1, 0.15) is 23.6 Å². The van der Waals surface area contributed by atoms with Gasteiger partial charge in [-0.3, -0.25) is 4.79 Å². The molecule has 3 rings (SSSR count). The molecule has 3 aromatic rings. The molecule has 0 fully saturated rings. The summed E-state index contributed by atoms with van der Waals surface area (Å²) >= 11 is 0. The van der Waals surface area contributed by atoms with E-state index in [1.165, 1.54) is 11.9 Å². The number of hydrogen-bond acceptors (Lipinski definition) is 5. The summed E-state index contributed by atoms with van der Waals surface area (Å²) in [4.78, 5) is 20.7. The molecule has 2 N–H and O–H groups in total. The Morgan fingerprint density at radius 2 is 1.92 bits per heavy atom. The van der Waals surface area contributed by atoms with E-state index >= 15 is 0 Å². The van der Waals surface area contributed by atoms with E-state index in [9.17, 15) is 4.79 Å². The van der Waals surface area contributed by atoms with Gasteiger partial charge in [-0.1, -0.05) is 31.2 Å². The van der Waals surface area contributed by atoms with Crippen molar-refractivity contribution >= 4 is 23.1 Å².